The molecule has 2 unspecified atom stereocenters. The molecule has 0 aromatic heterocycles. The van der Waals surface area contributed by atoms with Crippen LogP contribution in [0.1, 0.15) is 26.7 Å². The fourth-order valence-corrected chi connectivity index (χ4v) is 2.06. The van der Waals surface area contributed by atoms with Crippen LogP contribution in [0.25, 0.3) is 0 Å². The van der Waals surface area contributed by atoms with E-state index in [1.165, 1.54) is 0 Å². The zero-order valence-electron chi connectivity index (χ0n) is 9.45. The molecule has 0 amide bonds. The summed E-state index contributed by atoms with van der Waals surface area (Å²) in [6.07, 6.45) is 1.45. The number of ketones is 1. The second-order valence-electron chi connectivity index (χ2n) is 4.40. The Labute approximate surface area is 86.4 Å². The van der Waals surface area contributed by atoms with Gasteiger partial charge in [-0.05, 0) is 12.8 Å². The Morgan fingerprint density at radius 2 is 2.36 bits per heavy atom. The summed E-state index contributed by atoms with van der Waals surface area (Å²) in [6.45, 7) is 7.09. The number of Topliss-reactive ketones (excluding diaryl/α,β-unsaturated/α-hetero) is 1. The number of carbonyl (C=O) groups excluding carboxylic acids is 1. The SMILES string of the molecule is COCC(C)CN1CCC(=O)CC1C. The smallest absolute Gasteiger partial charge is 0.135 e. The van der Waals surface area contributed by atoms with E-state index in [0.29, 0.717) is 17.7 Å². The molecule has 82 valence electrons. The van der Waals surface area contributed by atoms with Gasteiger partial charge in [0.05, 0.1) is 0 Å². The molecule has 1 aliphatic rings. The van der Waals surface area contributed by atoms with Crippen LogP contribution in [0.4, 0.5) is 0 Å². The number of carbonyl (C=O) groups is 1. The lowest BCUT2D eigenvalue weighted by Gasteiger charge is -2.34. The van der Waals surface area contributed by atoms with Gasteiger partial charge in [-0.1, -0.05) is 6.92 Å². The molecule has 0 spiro atoms. The summed E-state index contributed by atoms with van der Waals surface area (Å²) in [4.78, 5) is 13.6. The van der Waals surface area contributed by atoms with Crippen LogP contribution in [0.5, 0.6) is 0 Å². The first-order valence-corrected chi connectivity index (χ1v) is 5.38. The number of hydrogen-bond donors (Lipinski definition) is 0. The van der Waals surface area contributed by atoms with Crippen molar-refractivity contribution in [2.75, 3.05) is 26.8 Å². The first-order chi connectivity index (χ1) is 6.63. The lowest BCUT2D eigenvalue weighted by molar-refractivity contribution is -0.123. The van der Waals surface area contributed by atoms with Gasteiger partial charge in [0.15, 0.2) is 0 Å². The maximum atomic E-state index is 11.2. The van der Waals surface area contributed by atoms with Crippen molar-refractivity contribution in [3.8, 4) is 0 Å². The number of ether oxygens (including phenoxy) is 1. The van der Waals surface area contributed by atoms with E-state index in [9.17, 15) is 4.79 Å². The molecular formula is C11H21NO2. The van der Waals surface area contributed by atoms with Crippen molar-refractivity contribution in [2.45, 2.75) is 32.7 Å². The molecule has 1 saturated heterocycles. The van der Waals surface area contributed by atoms with Gasteiger partial charge in [0.2, 0.25) is 0 Å². The predicted octanol–water partition coefficient (Wildman–Crippen LogP) is 1.32. The van der Waals surface area contributed by atoms with Crippen molar-refractivity contribution in [1.29, 1.82) is 0 Å². The number of hydrogen-bond acceptors (Lipinski definition) is 3. The molecule has 0 radical (unpaired) electrons. The van der Waals surface area contributed by atoms with Crippen molar-refractivity contribution in [2.24, 2.45) is 5.92 Å². The Balaban J connectivity index is 2.33. The number of likely N-dealkylation sites (tertiary alicyclic amines) is 1. The summed E-state index contributed by atoms with van der Waals surface area (Å²) < 4.78 is 5.11. The van der Waals surface area contributed by atoms with Crippen LogP contribution in [0.15, 0.2) is 0 Å². The first kappa shape index (κ1) is 11.7. The minimum absolute atomic E-state index is 0.410. The Morgan fingerprint density at radius 3 is 2.93 bits per heavy atom. The van der Waals surface area contributed by atoms with Gasteiger partial charge in [-0.3, -0.25) is 9.69 Å². The standard InChI is InChI=1S/C11H21NO2/c1-9(8-14-3)7-12-5-4-11(13)6-10(12)2/h9-10H,4-8H2,1-3H3. The summed E-state index contributed by atoms with van der Waals surface area (Å²) in [5, 5.41) is 0. The molecule has 0 aliphatic carbocycles. The van der Waals surface area contributed by atoms with Crippen molar-refractivity contribution in [3.63, 3.8) is 0 Å². The quantitative estimate of drug-likeness (QED) is 0.684. The van der Waals surface area contributed by atoms with Crippen LogP contribution in [0.2, 0.25) is 0 Å². The minimum Gasteiger partial charge on any atom is -0.384 e. The Kier molecular flexibility index (Phi) is 4.55. The van der Waals surface area contributed by atoms with Crippen LogP contribution < -0.4 is 0 Å². The van der Waals surface area contributed by atoms with E-state index in [0.717, 1.165) is 32.5 Å². The number of rotatable bonds is 4. The number of piperidine rings is 1. The zero-order valence-corrected chi connectivity index (χ0v) is 9.45. The molecule has 2 atom stereocenters. The Bertz CT molecular complexity index is 194. The molecule has 1 heterocycles. The van der Waals surface area contributed by atoms with Crippen molar-refractivity contribution >= 4 is 5.78 Å². The first-order valence-electron chi connectivity index (χ1n) is 5.38. The molecule has 1 aliphatic heterocycles. The Morgan fingerprint density at radius 1 is 1.64 bits per heavy atom. The van der Waals surface area contributed by atoms with Gasteiger partial charge in [-0.15, -0.1) is 0 Å². The van der Waals surface area contributed by atoms with Gasteiger partial charge in [0.25, 0.3) is 0 Å². The predicted molar refractivity (Wildman–Crippen MR) is 56.3 cm³/mol. The zero-order chi connectivity index (χ0) is 10.6. The lowest BCUT2D eigenvalue weighted by Crippen LogP contribution is -2.43. The summed E-state index contributed by atoms with van der Waals surface area (Å²) in [7, 11) is 1.74. The fourth-order valence-electron chi connectivity index (χ4n) is 2.06. The highest BCUT2D eigenvalue weighted by Gasteiger charge is 2.24. The largest absolute Gasteiger partial charge is 0.384 e. The molecule has 3 nitrogen and oxygen atoms in total. The average Bonchev–Trinajstić information content (AvgIpc) is 2.10. The van der Waals surface area contributed by atoms with Crippen molar-refractivity contribution in [3.05, 3.63) is 0 Å². The molecule has 0 aromatic rings. The van der Waals surface area contributed by atoms with Crippen LogP contribution in [-0.4, -0.2) is 43.5 Å². The molecule has 14 heavy (non-hydrogen) atoms. The normalized spacial score (nSPS) is 26.5. The number of methoxy groups -OCH3 is 1. The summed E-state index contributed by atoms with van der Waals surface area (Å²) in [6, 6.07) is 0.413. The van der Waals surface area contributed by atoms with Gasteiger partial charge in [-0.25, -0.2) is 0 Å². The van der Waals surface area contributed by atoms with E-state index in [1.54, 1.807) is 7.11 Å². The maximum absolute atomic E-state index is 11.2. The summed E-state index contributed by atoms with van der Waals surface area (Å²) >= 11 is 0. The lowest BCUT2D eigenvalue weighted by atomic mass is 10.0. The highest BCUT2D eigenvalue weighted by Crippen LogP contribution is 2.15. The van der Waals surface area contributed by atoms with Gasteiger partial charge in [-0.2, -0.15) is 0 Å². The number of nitrogens with zero attached hydrogens (tertiary/aromatic N) is 1. The third-order valence-corrected chi connectivity index (χ3v) is 2.82. The molecule has 1 fully saturated rings. The highest BCUT2D eigenvalue weighted by molar-refractivity contribution is 5.79. The molecule has 1 rings (SSSR count). The molecule has 3 heteroatoms. The Hall–Kier alpha value is -0.410. The second kappa shape index (κ2) is 5.47. The van der Waals surface area contributed by atoms with E-state index in [1.807, 2.05) is 0 Å². The van der Waals surface area contributed by atoms with E-state index in [4.69, 9.17) is 4.74 Å². The van der Waals surface area contributed by atoms with Gasteiger partial charge < -0.3 is 4.74 Å². The molecular weight excluding hydrogens is 178 g/mol. The van der Waals surface area contributed by atoms with Gasteiger partial charge in [0.1, 0.15) is 5.78 Å². The van der Waals surface area contributed by atoms with E-state index < -0.39 is 0 Å². The van der Waals surface area contributed by atoms with Gasteiger partial charge >= 0.3 is 0 Å². The van der Waals surface area contributed by atoms with E-state index in [-0.39, 0.29) is 0 Å². The second-order valence-corrected chi connectivity index (χ2v) is 4.40. The van der Waals surface area contributed by atoms with Gasteiger partial charge in [0, 0.05) is 45.7 Å². The van der Waals surface area contributed by atoms with Crippen molar-refractivity contribution in [1.82, 2.24) is 4.90 Å². The van der Waals surface area contributed by atoms with Crippen LogP contribution >= 0.6 is 0 Å². The molecule has 0 saturated carbocycles. The molecule has 0 N–H and O–H groups in total. The average molecular weight is 199 g/mol. The fraction of sp³-hybridized carbons (Fsp3) is 0.909. The van der Waals surface area contributed by atoms with Crippen LogP contribution in [0.3, 0.4) is 0 Å². The van der Waals surface area contributed by atoms with E-state index in [2.05, 4.69) is 18.7 Å². The van der Waals surface area contributed by atoms with Crippen LogP contribution in [-0.2, 0) is 9.53 Å². The third kappa shape index (κ3) is 3.39. The van der Waals surface area contributed by atoms with Crippen molar-refractivity contribution < 1.29 is 9.53 Å². The monoisotopic (exact) mass is 199 g/mol. The molecule has 0 aromatic carbocycles. The minimum atomic E-state index is 0.410. The maximum Gasteiger partial charge on any atom is 0.135 e. The molecule has 0 bridgehead atoms. The topological polar surface area (TPSA) is 29.5 Å². The summed E-state index contributed by atoms with van der Waals surface area (Å²) in [5.41, 5.74) is 0. The third-order valence-electron chi connectivity index (χ3n) is 2.82. The van der Waals surface area contributed by atoms with E-state index >= 15 is 0 Å². The summed E-state index contributed by atoms with van der Waals surface area (Å²) in [5.74, 6) is 0.962. The van der Waals surface area contributed by atoms with Crippen LogP contribution in [0, 0.1) is 5.92 Å². The highest BCUT2D eigenvalue weighted by atomic mass is 16.5.